The summed E-state index contributed by atoms with van der Waals surface area (Å²) in [4.78, 5) is 0. The first-order valence-electron chi connectivity index (χ1n) is 14.0. The zero-order chi connectivity index (χ0) is 27.1. The molecule has 0 fully saturated rings. The van der Waals surface area contributed by atoms with Crippen molar-refractivity contribution in [3.63, 3.8) is 0 Å². The molecule has 1 unspecified atom stereocenters. The Hall–Kier alpha value is -4.91. The second kappa shape index (κ2) is 8.30. The number of fused-ring (bicyclic) bond motifs is 9. The van der Waals surface area contributed by atoms with Crippen LogP contribution in [-0.4, -0.2) is 4.57 Å². The molecule has 0 saturated carbocycles. The van der Waals surface area contributed by atoms with Gasteiger partial charge < -0.3 is 9.13 Å². The Kier molecular flexibility index (Phi) is 4.63. The minimum atomic E-state index is -3.15. The van der Waals surface area contributed by atoms with Gasteiger partial charge in [-0.1, -0.05) is 115 Å². The van der Waals surface area contributed by atoms with E-state index >= 15 is 4.57 Å². The second-order valence-corrected chi connectivity index (χ2v) is 13.6. The molecule has 1 aliphatic heterocycles. The van der Waals surface area contributed by atoms with Crippen LogP contribution in [0.2, 0.25) is 0 Å². The van der Waals surface area contributed by atoms with Gasteiger partial charge in [-0.25, -0.2) is 0 Å². The Morgan fingerprint density at radius 3 is 2.02 bits per heavy atom. The number of hydrogen-bond donors (Lipinski definition) is 0. The van der Waals surface area contributed by atoms with Crippen LogP contribution in [0.5, 0.6) is 0 Å². The van der Waals surface area contributed by atoms with E-state index in [2.05, 4.69) is 114 Å². The molecule has 0 saturated heterocycles. The molecule has 0 bridgehead atoms. The molecule has 1 aliphatic rings. The summed E-state index contributed by atoms with van der Waals surface area (Å²) in [5.74, 6) is 0. The SMILES string of the molecule is O=P1(c2ccccc2)c2ccccc2-c2ccc3c4ccccc4n(-c4ccc5cc6ccccc6cc5c4)c3c21. The van der Waals surface area contributed by atoms with Crippen LogP contribution in [0, 0.1) is 0 Å². The van der Waals surface area contributed by atoms with E-state index in [1.54, 1.807) is 0 Å². The van der Waals surface area contributed by atoms with Crippen LogP contribution < -0.4 is 15.9 Å². The third-order valence-corrected chi connectivity index (χ3v) is 11.9. The normalized spacial score (nSPS) is 16.0. The first-order chi connectivity index (χ1) is 20.2. The number of para-hydroxylation sites is 1. The Balaban J connectivity index is 1.44. The van der Waals surface area contributed by atoms with Gasteiger partial charge in [-0.2, -0.15) is 0 Å². The van der Waals surface area contributed by atoms with E-state index in [0.29, 0.717) is 0 Å². The minimum absolute atomic E-state index is 0.875. The molecule has 1 atom stereocenters. The lowest BCUT2D eigenvalue weighted by Gasteiger charge is -2.19. The van der Waals surface area contributed by atoms with Crippen LogP contribution >= 0.6 is 7.14 Å². The molecule has 3 heteroatoms. The van der Waals surface area contributed by atoms with Crippen molar-refractivity contribution in [2.75, 3.05) is 0 Å². The molecule has 7 aromatic carbocycles. The number of hydrogen-bond acceptors (Lipinski definition) is 1. The van der Waals surface area contributed by atoms with Gasteiger partial charge in [0.25, 0.3) is 0 Å². The molecular weight excluding hydrogens is 517 g/mol. The van der Waals surface area contributed by atoms with Crippen molar-refractivity contribution in [1.29, 1.82) is 0 Å². The molecule has 1 aromatic heterocycles. The summed E-state index contributed by atoms with van der Waals surface area (Å²) in [6.07, 6.45) is 0. The first-order valence-corrected chi connectivity index (χ1v) is 15.7. The molecule has 0 N–H and O–H groups in total. The maximum Gasteiger partial charge on any atom is 0.174 e. The fourth-order valence-corrected chi connectivity index (χ4v) is 10.2. The van der Waals surface area contributed by atoms with E-state index in [0.717, 1.165) is 49.1 Å². The number of rotatable bonds is 2. The van der Waals surface area contributed by atoms with Crippen LogP contribution in [0.25, 0.3) is 60.2 Å². The zero-order valence-electron chi connectivity index (χ0n) is 22.2. The maximum absolute atomic E-state index is 15.7. The van der Waals surface area contributed by atoms with Crippen molar-refractivity contribution < 1.29 is 4.57 Å². The Labute approximate surface area is 237 Å². The van der Waals surface area contributed by atoms with Gasteiger partial charge in [-0.15, -0.1) is 0 Å². The molecule has 41 heavy (non-hydrogen) atoms. The van der Waals surface area contributed by atoms with Crippen LogP contribution in [-0.2, 0) is 4.57 Å². The van der Waals surface area contributed by atoms with Gasteiger partial charge in [-0.05, 0) is 63.0 Å². The topological polar surface area (TPSA) is 22.0 Å². The average Bonchev–Trinajstić information content (AvgIpc) is 3.51. The Bertz CT molecular complexity index is 2400. The highest BCUT2D eigenvalue weighted by molar-refractivity contribution is 7.86. The number of benzene rings is 7. The average molecular weight is 542 g/mol. The van der Waals surface area contributed by atoms with Gasteiger partial charge in [0.1, 0.15) is 0 Å². The molecule has 192 valence electrons. The van der Waals surface area contributed by atoms with Crippen molar-refractivity contribution in [3.8, 4) is 16.8 Å². The summed E-state index contributed by atoms with van der Waals surface area (Å²) >= 11 is 0. The third kappa shape index (κ3) is 3.06. The molecular formula is C38H24NOP. The predicted octanol–water partition coefficient (Wildman–Crippen LogP) is 8.71. The monoisotopic (exact) mass is 541 g/mol. The molecule has 8 aromatic rings. The Morgan fingerprint density at radius 1 is 0.488 bits per heavy atom. The summed E-state index contributed by atoms with van der Waals surface area (Å²) < 4.78 is 18.0. The highest BCUT2D eigenvalue weighted by Crippen LogP contribution is 2.54. The van der Waals surface area contributed by atoms with Crippen LogP contribution in [0.3, 0.4) is 0 Å². The molecule has 0 spiro atoms. The number of nitrogens with zero attached hydrogens (tertiary/aromatic N) is 1. The maximum atomic E-state index is 15.7. The van der Waals surface area contributed by atoms with E-state index in [4.69, 9.17) is 0 Å². The minimum Gasteiger partial charge on any atom is -0.309 e. The number of aromatic nitrogens is 1. The van der Waals surface area contributed by atoms with Crippen molar-refractivity contribution >= 4 is 66.4 Å². The van der Waals surface area contributed by atoms with Gasteiger partial charge in [0.2, 0.25) is 0 Å². The fraction of sp³-hybridized carbons (Fsp3) is 0. The summed E-state index contributed by atoms with van der Waals surface area (Å²) in [6, 6.07) is 51.0. The smallest absolute Gasteiger partial charge is 0.174 e. The highest BCUT2D eigenvalue weighted by atomic mass is 31.2. The predicted molar refractivity (Wildman–Crippen MR) is 174 cm³/mol. The standard InChI is InChI=1S/C38H24NOP/c40-41(30-12-2-1-3-13-30)36-17-9-7-15-32(36)34-21-20-33-31-14-6-8-16-35(31)39(37(33)38(34)41)29-19-18-27-22-25-10-4-5-11-26(25)23-28(27)24-29/h1-24H. The first kappa shape index (κ1) is 22.9. The van der Waals surface area contributed by atoms with Gasteiger partial charge in [0.05, 0.1) is 16.3 Å². The molecule has 9 rings (SSSR count). The molecule has 0 amide bonds. The van der Waals surface area contributed by atoms with Gasteiger partial charge >= 0.3 is 0 Å². The van der Waals surface area contributed by atoms with E-state index in [-0.39, 0.29) is 0 Å². The summed E-state index contributed by atoms with van der Waals surface area (Å²) in [7, 11) is -3.15. The lowest BCUT2D eigenvalue weighted by atomic mass is 10.0. The van der Waals surface area contributed by atoms with Crippen LogP contribution in [0.15, 0.2) is 146 Å². The largest absolute Gasteiger partial charge is 0.309 e. The van der Waals surface area contributed by atoms with Crippen molar-refractivity contribution in [1.82, 2.24) is 4.57 Å². The van der Waals surface area contributed by atoms with Gasteiger partial charge in [-0.3, -0.25) is 0 Å². The zero-order valence-corrected chi connectivity index (χ0v) is 23.1. The van der Waals surface area contributed by atoms with Crippen LogP contribution in [0.4, 0.5) is 0 Å². The van der Waals surface area contributed by atoms with E-state index in [9.17, 15) is 0 Å². The third-order valence-electron chi connectivity index (χ3n) is 8.72. The summed E-state index contributed by atoms with van der Waals surface area (Å²) in [6.45, 7) is 0. The van der Waals surface area contributed by atoms with Crippen molar-refractivity contribution in [2.24, 2.45) is 0 Å². The molecule has 2 heterocycles. The lowest BCUT2D eigenvalue weighted by molar-refractivity contribution is 0.593. The lowest BCUT2D eigenvalue weighted by Crippen LogP contribution is -2.22. The van der Waals surface area contributed by atoms with Crippen LogP contribution in [0.1, 0.15) is 0 Å². The molecule has 0 aliphatic carbocycles. The second-order valence-electron chi connectivity index (χ2n) is 10.9. The summed E-state index contributed by atoms with van der Waals surface area (Å²) in [5, 5.41) is 9.90. The van der Waals surface area contributed by atoms with E-state index in [1.165, 1.54) is 26.9 Å². The molecule has 2 nitrogen and oxygen atoms in total. The highest BCUT2D eigenvalue weighted by Gasteiger charge is 2.42. The quantitative estimate of drug-likeness (QED) is 0.158. The molecule has 0 radical (unpaired) electrons. The summed E-state index contributed by atoms with van der Waals surface area (Å²) in [5.41, 5.74) is 5.36. The van der Waals surface area contributed by atoms with Crippen molar-refractivity contribution in [3.05, 3.63) is 146 Å². The Morgan fingerprint density at radius 2 is 1.17 bits per heavy atom. The van der Waals surface area contributed by atoms with E-state index < -0.39 is 7.14 Å². The van der Waals surface area contributed by atoms with Gasteiger partial charge in [0, 0.05) is 27.1 Å². The van der Waals surface area contributed by atoms with E-state index in [1.807, 2.05) is 36.4 Å². The van der Waals surface area contributed by atoms with Gasteiger partial charge in [0.15, 0.2) is 7.14 Å². The fourth-order valence-electron chi connectivity index (χ4n) is 6.91. The van der Waals surface area contributed by atoms with Crippen molar-refractivity contribution in [2.45, 2.75) is 0 Å².